The maximum atomic E-state index is 12.3. The molecule has 0 heterocycles. The van der Waals surface area contributed by atoms with Crippen LogP contribution in [0, 0.1) is 0 Å². The van der Waals surface area contributed by atoms with Crippen molar-refractivity contribution in [1.82, 2.24) is 4.90 Å². The molecule has 1 rings (SSSR count). The van der Waals surface area contributed by atoms with Gasteiger partial charge in [-0.05, 0) is 31.5 Å². The number of carbonyl (C=O) groups is 1. The van der Waals surface area contributed by atoms with Crippen molar-refractivity contribution >= 4 is 15.9 Å². The molecule has 0 aliphatic heterocycles. The minimum Gasteiger partial charge on any atom is -0.493 e. The molecule has 0 saturated heterocycles. The molecule has 1 aromatic carbocycles. The highest BCUT2D eigenvalue weighted by atomic mass is 32.2. The van der Waals surface area contributed by atoms with Crippen LogP contribution in [0.2, 0.25) is 0 Å². The Morgan fingerprint density at radius 3 is 2.50 bits per heavy atom. The van der Waals surface area contributed by atoms with Crippen molar-refractivity contribution in [2.24, 2.45) is 5.14 Å². The van der Waals surface area contributed by atoms with Crippen molar-refractivity contribution in [3.8, 4) is 5.75 Å². The molecule has 1 aromatic rings. The second-order valence-corrected chi connectivity index (χ2v) is 5.92. The number of hydrogen-bond acceptors (Lipinski definition) is 4. The Labute approximate surface area is 119 Å². The standard InChI is InChI=1S/C13H20N2O4S/c1-4-8-15(3)13(16)11-9-10(20(14,17)18)6-7-12(11)19-5-2/h6-7,9H,4-5,8H2,1-3H3,(H2,14,17,18). The van der Waals surface area contributed by atoms with Crippen molar-refractivity contribution in [2.75, 3.05) is 20.2 Å². The van der Waals surface area contributed by atoms with E-state index in [0.29, 0.717) is 18.9 Å². The first-order chi connectivity index (χ1) is 9.31. The van der Waals surface area contributed by atoms with Crippen LogP contribution in [0.4, 0.5) is 0 Å². The molecule has 20 heavy (non-hydrogen) atoms. The van der Waals surface area contributed by atoms with Crippen LogP contribution in [0.25, 0.3) is 0 Å². The van der Waals surface area contributed by atoms with Crippen LogP contribution in [-0.2, 0) is 10.0 Å². The van der Waals surface area contributed by atoms with Crippen molar-refractivity contribution in [3.63, 3.8) is 0 Å². The summed E-state index contributed by atoms with van der Waals surface area (Å²) in [4.78, 5) is 13.7. The van der Waals surface area contributed by atoms with Gasteiger partial charge < -0.3 is 9.64 Å². The number of amides is 1. The van der Waals surface area contributed by atoms with Gasteiger partial charge in [-0.25, -0.2) is 13.6 Å². The number of sulfonamides is 1. The summed E-state index contributed by atoms with van der Waals surface area (Å²) < 4.78 is 28.1. The summed E-state index contributed by atoms with van der Waals surface area (Å²) in [5.41, 5.74) is 0.203. The third kappa shape index (κ3) is 3.94. The first kappa shape index (κ1) is 16.5. The molecule has 0 spiro atoms. The topological polar surface area (TPSA) is 89.7 Å². The maximum absolute atomic E-state index is 12.3. The molecule has 0 aliphatic rings. The summed E-state index contributed by atoms with van der Waals surface area (Å²) in [5.74, 6) is 0.0636. The van der Waals surface area contributed by atoms with Gasteiger partial charge in [-0.1, -0.05) is 6.92 Å². The normalized spacial score (nSPS) is 11.2. The van der Waals surface area contributed by atoms with E-state index in [2.05, 4.69) is 0 Å². The van der Waals surface area contributed by atoms with Gasteiger partial charge >= 0.3 is 0 Å². The monoisotopic (exact) mass is 300 g/mol. The number of ether oxygens (including phenoxy) is 1. The Kier molecular flexibility index (Phi) is 5.52. The number of primary sulfonamides is 1. The quantitative estimate of drug-likeness (QED) is 0.855. The van der Waals surface area contributed by atoms with E-state index in [-0.39, 0.29) is 16.4 Å². The lowest BCUT2D eigenvalue weighted by atomic mass is 10.1. The molecular formula is C13H20N2O4S. The van der Waals surface area contributed by atoms with E-state index < -0.39 is 10.0 Å². The second-order valence-electron chi connectivity index (χ2n) is 4.36. The highest BCUT2D eigenvalue weighted by molar-refractivity contribution is 7.89. The van der Waals surface area contributed by atoms with Gasteiger partial charge in [-0.2, -0.15) is 0 Å². The van der Waals surface area contributed by atoms with Crippen LogP contribution in [0.3, 0.4) is 0 Å². The van der Waals surface area contributed by atoms with Crippen molar-refractivity contribution in [2.45, 2.75) is 25.2 Å². The van der Waals surface area contributed by atoms with E-state index in [9.17, 15) is 13.2 Å². The molecule has 0 fully saturated rings. The molecule has 0 atom stereocenters. The zero-order chi connectivity index (χ0) is 15.3. The fourth-order valence-electron chi connectivity index (χ4n) is 1.78. The third-order valence-corrected chi connectivity index (χ3v) is 3.63. The molecule has 7 heteroatoms. The first-order valence-corrected chi connectivity index (χ1v) is 7.91. The zero-order valence-corrected chi connectivity index (χ0v) is 12.7. The van der Waals surface area contributed by atoms with E-state index in [4.69, 9.17) is 9.88 Å². The van der Waals surface area contributed by atoms with Crippen LogP contribution >= 0.6 is 0 Å². The predicted molar refractivity (Wildman–Crippen MR) is 76.2 cm³/mol. The zero-order valence-electron chi connectivity index (χ0n) is 11.9. The average Bonchev–Trinajstić information content (AvgIpc) is 2.37. The summed E-state index contributed by atoms with van der Waals surface area (Å²) in [7, 11) is -2.20. The number of benzene rings is 1. The Bertz CT molecular complexity index is 584. The Morgan fingerprint density at radius 2 is 2.00 bits per heavy atom. The van der Waals surface area contributed by atoms with Gasteiger partial charge in [-0.3, -0.25) is 4.79 Å². The molecule has 112 valence electrons. The molecule has 6 nitrogen and oxygen atoms in total. The first-order valence-electron chi connectivity index (χ1n) is 6.36. The van der Waals surface area contributed by atoms with Gasteiger partial charge in [0.2, 0.25) is 10.0 Å². The van der Waals surface area contributed by atoms with Gasteiger partial charge in [0, 0.05) is 13.6 Å². The molecule has 0 aliphatic carbocycles. The van der Waals surface area contributed by atoms with Crippen LogP contribution in [-0.4, -0.2) is 39.4 Å². The van der Waals surface area contributed by atoms with Gasteiger partial charge in [0.25, 0.3) is 5.91 Å². The lowest BCUT2D eigenvalue weighted by Crippen LogP contribution is -2.28. The average molecular weight is 300 g/mol. The van der Waals surface area contributed by atoms with Crippen LogP contribution in [0.15, 0.2) is 23.1 Å². The van der Waals surface area contributed by atoms with E-state index in [1.807, 2.05) is 6.92 Å². The smallest absolute Gasteiger partial charge is 0.257 e. The van der Waals surface area contributed by atoms with Gasteiger partial charge in [0.1, 0.15) is 5.75 Å². The van der Waals surface area contributed by atoms with Crippen molar-refractivity contribution < 1.29 is 17.9 Å². The molecule has 0 saturated carbocycles. The van der Waals surface area contributed by atoms with Crippen molar-refractivity contribution in [1.29, 1.82) is 0 Å². The van der Waals surface area contributed by atoms with Crippen LogP contribution < -0.4 is 9.88 Å². The number of nitrogens with two attached hydrogens (primary N) is 1. The number of rotatable bonds is 6. The van der Waals surface area contributed by atoms with E-state index in [1.54, 1.807) is 14.0 Å². The summed E-state index contributed by atoms with van der Waals surface area (Å²) in [6.45, 7) is 4.70. The SMILES string of the molecule is CCCN(C)C(=O)c1cc(S(N)(=O)=O)ccc1OCC. The number of carbonyl (C=O) groups excluding carboxylic acids is 1. The molecule has 0 bridgehead atoms. The van der Waals surface area contributed by atoms with Gasteiger partial charge in [0.15, 0.2) is 0 Å². The lowest BCUT2D eigenvalue weighted by Gasteiger charge is -2.18. The van der Waals surface area contributed by atoms with Gasteiger partial charge in [-0.15, -0.1) is 0 Å². The number of hydrogen-bond donors (Lipinski definition) is 1. The fraction of sp³-hybridized carbons (Fsp3) is 0.462. The van der Waals surface area contributed by atoms with E-state index >= 15 is 0 Å². The largest absolute Gasteiger partial charge is 0.493 e. The minimum absolute atomic E-state index is 0.103. The highest BCUT2D eigenvalue weighted by Gasteiger charge is 2.20. The van der Waals surface area contributed by atoms with Gasteiger partial charge in [0.05, 0.1) is 17.1 Å². The summed E-state index contributed by atoms with van der Waals surface area (Å²) in [5, 5.41) is 5.09. The Balaban J connectivity index is 3.28. The van der Waals surface area contributed by atoms with Crippen LogP contribution in [0.1, 0.15) is 30.6 Å². The van der Waals surface area contributed by atoms with Crippen LogP contribution in [0.5, 0.6) is 5.75 Å². The predicted octanol–water partition coefficient (Wildman–Crippen LogP) is 1.21. The lowest BCUT2D eigenvalue weighted by molar-refractivity contribution is 0.0790. The molecule has 1 amide bonds. The third-order valence-electron chi connectivity index (χ3n) is 2.72. The molecule has 2 N–H and O–H groups in total. The summed E-state index contributed by atoms with van der Waals surface area (Å²) in [6.07, 6.45) is 0.807. The molecule has 0 aromatic heterocycles. The maximum Gasteiger partial charge on any atom is 0.257 e. The molecule has 0 unspecified atom stereocenters. The van der Waals surface area contributed by atoms with Crippen molar-refractivity contribution in [3.05, 3.63) is 23.8 Å². The highest BCUT2D eigenvalue weighted by Crippen LogP contribution is 2.23. The molecule has 0 radical (unpaired) electrons. The number of nitrogens with zero attached hydrogens (tertiary/aromatic N) is 1. The Morgan fingerprint density at radius 1 is 1.35 bits per heavy atom. The molecular weight excluding hydrogens is 280 g/mol. The van der Waals surface area contributed by atoms with E-state index in [1.165, 1.54) is 23.1 Å². The summed E-state index contributed by atoms with van der Waals surface area (Å²) in [6, 6.07) is 4.04. The Hall–Kier alpha value is -1.60. The summed E-state index contributed by atoms with van der Waals surface area (Å²) >= 11 is 0. The minimum atomic E-state index is -3.85. The van der Waals surface area contributed by atoms with E-state index in [0.717, 1.165) is 6.42 Å². The fourth-order valence-corrected chi connectivity index (χ4v) is 2.32. The second kappa shape index (κ2) is 6.71.